The van der Waals surface area contributed by atoms with Crippen molar-refractivity contribution in [3.63, 3.8) is 0 Å². The monoisotopic (exact) mass is 814 g/mol. The van der Waals surface area contributed by atoms with Crippen LogP contribution in [0.25, 0.3) is 0 Å². The van der Waals surface area contributed by atoms with Crippen LogP contribution in [0.3, 0.4) is 0 Å². The molecule has 3 unspecified atom stereocenters. The molecule has 4 saturated heterocycles. The molecule has 15 heteroatoms. The van der Waals surface area contributed by atoms with E-state index in [-0.39, 0.29) is 44.4 Å². The zero-order valence-corrected chi connectivity index (χ0v) is 35.9. The van der Waals surface area contributed by atoms with Gasteiger partial charge in [-0.1, -0.05) is 45.9 Å². The van der Waals surface area contributed by atoms with Gasteiger partial charge in [0.05, 0.1) is 49.1 Å². The molecule has 0 aromatic carbocycles. The first-order chi connectivity index (χ1) is 27.4. The molecule has 0 aliphatic carbocycles. The number of amides is 2. The summed E-state index contributed by atoms with van der Waals surface area (Å²) in [5, 5.41) is 17.5. The second kappa shape index (κ2) is 19.2. The van der Waals surface area contributed by atoms with Crippen LogP contribution in [0.15, 0.2) is 48.3 Å². The summed E-state index contributed by atoms with van der Waals surface area (Å²) in [5.41, 5.74) is 0.00724. The van der Waals surface area contributed by atoms with Gasteiger partial charge < -0.3 is 53.8 Å². The first-order valence-corrected chi connectivity index (χ1v) is 20.7. The number of ether oxygens (including phenoxy) is 7. The third-order valence-electron chi connectivity index (χ3n) is 12.6. The number of nitrogens with zero attached hydrogens (tertiary/aromatic N) is 2. The lowest BCUT2D eigenvalue weighted by Crippen LogP contribution is -2.60. The molecule has 2 amide bonds. The van der Waals surface area contributed by atoms with Crippen molar-refractivity contribution in [2.24, 2.45) is 23.7 Å². The Balaban J connectivity index is 1.58. The molecule has 14 atom stereocenters. The minimum atomic E-state index is -1.25. The highest BCUT2D eigenvalue weighted by Gasteiger charge is 2.57. The maximum Gasteiger partial charge on any atom is 0.408 e. The maximum atomic E-state index is 14.3. The summed E-state index contributed by atoms with van der Waals surface area (Å²) < 4.78 is 44.7. The molecule has 4 aliphatic heterocycles. The number of aliphatic hydroxyl groups is 1. The van der Waals surface area contributed by atoms with Gasteiger partial charge in [0.25, 0.3) is 0 Å². The molecule has 0 radical (unpaired) electrons. The number of hydrogen-bond donors (Lipinski definition) is 3. The first kappa shape index (κ1) is 45.5. The Kier molecular flexibility index (Phi) is 15.1. The number of pyridine rings is 1. The summed E-state index contributed by atoms with van der Waals surface area (Å²) in [6, 6.07) is 2.78. The van der Waals surface area contributed by atoms with Crippen molar-refractivity contribution in [1.29, 1.82) is 0 Å². The van der Waals surface area contributed by atoms with Crippen molar-refractivity contribution in [3.05, 3.63) is 53.9 Å². The highest BCUT2D eigenvalue weighted by molar-refractivity contribution is 5.74. The summed E-state index contributed by atoms with van der Waals surface area (Å²) in [5.74, 6) is -2.50. The van der Waals surface area contributed by atoms with E-state index < -0.39 is 83.9 Å². The number of likely N-dealkylation sites (N-methyl/N-ethyl adjacent to an activating group) is 1. The molecule has 2 bridgehead atoms. The Labute approximate surface area is 343 Å². The first-order valence-electron chi connectivity index (χ1n) is 20.7. The fourth-order valence-electron chi connectivity index (χ4n) is 9.46. The molecule has 5 rings (SSSR count). The summed E-state index contributed by atoms with van der Waals surface area (Å²) in [6.45, 7) is 20.1. The summed E-state index contributed by atoms with van der Waals surface area (Å²) in [7, 11) is 3.84. The zero-order valence-electron chi connectivity index (χ0n) is 35.9. The van der Waals surface area contributed by atoms with Crippen LogP contribution in [0, 0.1) is 23.7 Å². The van der Waals surface area contributed by atoms with E-state index >= 15 is 0 Å². The van der Waals surface area contributed by atoms with Gasteiger partial charge in [-0.05, 0) is 90.2 Å². The van der Waals surface area contributed by atoms with Gasteiger partial charge in [0, 0.05) is 36.8 Å². The van der Waals surface area contributed by atoms with Crippen LogP contribution in [0.2, 0.25) is 0 Å². The van der Waals surface area contributed by atoms with Gasteiger partial charge >= 0.3 is 18.2 Å². The Bertz CT molecular complexity index is 1630. The molecule has 324 valence electrons. The standard InChI is InChI=1S/C43H66N4O11/c1-12-33-43(9)36(46-41(51)58-43)27(5)31(15-17-52-40(50)45-21-30-14-13-16-44-20-30)25(3)19-42(8)37(57-39-34(48)32(47(10)11)18-26(4)55-39)28(6)35(29(7)38(49)56-33)53-22-24(2)23-54-42/h13-16,20,25-29,32-37,39,48H,2,12,17-19,21-23H2,1,3-11H3,(H,45,50)(H,46,51)/b31-15+/t25-,26-,27+,28+,29-,32+,33-,34-,35?,36?,37-,39?,42-,43-/m1/s1. The van der Waals surface area contributed by atoms with Crippen molar-refractivity contribution >= 4 is 18.2 Å². The number of aliphatic hydroxyl groups excluding tert-OH is 1. The number of carbonyl (C=O) groups is 3. The summed E-state index contributed by atoms with van der Waals surface area (Å²) in [6.07, 6.45) is 0.751. The minimum absolute atomic E-state index is 0.0721. The van der Waals surface area contributed by atoms with E-state index in [0.717, 1.165) is 11.1 Å². The van der Waals surface area contributed by atoms with Crippen LogP contribution < -0.4 is 10.6 Å². The highest BCUT2D eigenvalue weighted by Crippen LogP contribution is 2.44. The number of carbonyl (C=O) groups excluding carboxylic acids is 3. The topological polar surface area (TPSA) is 176 Å². The maximum absolute atomic E-state index is 14.3. The highest BCUT2D eigenvalue weighted by atomic mass is 16.7. The van der Waals surface area contributed by atoms with Crippen LogP contribution in [-0.4, -0.2) is 127 Å². The molecule has 1 aromatic rings. The molecular weight excluding hydrogens is 748 g/mol. The zero-order chi connectivity index (χ0) is 42.5. The van der Waals surface area contributed by atoms with Crippen molar-refractivity contribution in [3.8, 4) is 0 Å². The fraction of sp³-hybridized carbons (Fsp3) is 0.721. The van der Waals surface area contributed by atoms with Gasteiger partial charge in [-0.25, -0.2) is 9.59 Å². The second-order valence-electron chi connectivity index (χ2n) is 17.3. The van der Waals surface area contributed by atoms with Gasteiger partial charge in [0.15, 0.2) is 11.9 Å². The second-order valence-corrected chi connectivity index (χ2v) is 17.3. The lowest BCUT2D eigenvalue weighted by atomic mass is 9.71. The Morgan fingerprint density at radius 3 is 2.57 bits per heavy atom. The number of fused-ring (bicyclic) bond motifs is 4. The third kappa shape index (κ3) is 10.2. The van der Waals surface area contributed by atoms with Crippen LogP contribution in [0.1, 0.15) is 80.2 Å². The Morgan fingerprint density at radius 2 is 1.90 bits per heavy atom. The van der Waals surface area contributed by atoms with Gasteiger partial charge in [0.1, 0.15) is 18.8 Å². The van der Waals surface area contributed by atoms with Gasteiger partial charge in [-0.15, -0.1) is 0 Å². The minimum Gasteiger partial charge on any atom is -0.458 e. The largest absolute Gasteiger partial charge is 0.458 e. The summed E-state index contributed by atoms with van der Waals surface area (Å²) in [4.78, 5) is 46.4. The summed E-state index contributed by atoms with van der Waals surface area (Å²) >= 11 is 0. The Morgan fingerprint density at radius 1 is 1.16 bits per heavy atom. The average Bonchev–Trinajstić information content (AvgIpc) is 3.51. The molecule has 58 heavy (non-hydrogen) atoms. The van der Waals surface area contributed by atoms with Crippen LogP contribution in [-0.2, 0) is 44.5 Å². The Hall–Kier alpha value is -3.60. The van der Waals surface area contributed by atoms with Crippen LogP contribution in [0.5, 0.6) is 0 Å². The normalized spacial score (nSPS) is 39.7. The van der Waals surface area contributed by atoms with Crippen LogP contribution >= 0.6 is 0 Å². The SMILES string of the molecule is C=C1COC2[C@@H](C)C(=O)O[C@H](CC)[C@@]3(C)OC(=O)NC3[C@@H](C)/C(=C/COC(=O)NCc3cccnc3)[C@H](C)C[C@@](C)(OC1)[C@H](OC1O[C@H](C)C[C@H](N(C)C)[C@H]1O)[C@H]2C. The third-order valence-corrected chi connectivity index (χ3v) is 12.6. The quantitative estimate of drug-likeness (QED) is 0.184. The molecular formula is C43H66N4O11. The molecule has 4 fully saturated rings. The van der Waals surface area contributed by atoms with E-state index in [1.54, 1.807) is 32.3 Å². The number of alkyl carbamates (subject to hydrolysis) is 2. The predicted octanol–water partition coefficient (Wildman–Crippen LogP) is 4.91. The van der Waals surface area contributed by atoms with Gasteiger partial charge in [0.2, 0.25) is 0 Å². The molecule has 0 spiro atoms. The smallest absolute Gasteiger partial charge is 0.408 e. The van der Waals surface area contributed by atoms with Crippen molar-refractivity contribution in [2.45, 2.75) is 141 Å². The van der Waals surface area contributed by atoms with E-state index in [2.05, 4.69) is 29.1 Å². The number of hydrogen-bond acceptors (Lipinski definition) is 13. The molecule has 4 aliphatic rings. The predicted molar refractivity (Wildman–Crippen MR) is 214 cm³/mol. The number of aromatic nitrogens is 1. The molecule has 3 N–H and O–H groups in total. The molecule has 15 nitrogen and oxygen atoms in total. The lowest BCUT2D eigenvalue weighted by molar-refractivity contribution is -0.302. The van der Waals surface area contributed by atoms with Gasteiger partial charge in [-0.2, -0.15) is 0 Å². The lowest BCUT2D eigenvalue weighted by Gasteiger charge is -2.49. The van der Waals surface area contributed by atoms with E-state index in [1.165, 1.54) is 0 Å². The fourth-order valence-corrected chi connectivity index (χ4v) is 9.46. The van der Waals surface area contributed by atoms with Crippen molar-refractivity contribution in [2.75, 3.05) is 33.9 Å². The number of nitrogens with one attached hydrogen (secondary N) is 2. The number of esters is 1. The van der Waals surface area contributed by atoms with Gasteiger partial charge in [-0.3, -0.25) is 9.78 Å². The van der Waals surface area contributed by atoms with E-state index in [4.69, 9.17) is 33.2 Å². The number of rotatable bonds is 8. The van der Waals surface area contributed by atoms with E-state index in [9.17, 15) is 19.5 Å². The van der Waals surface area contributed by atoms with Crippen molar-refractivity contribution < 1.29 is 52.6 Å². The van der Waals surface area contributed by atoms with E-state index in [1.807, 2.05) is 65.8 Å². The molecule has 1 aromatic heterocycles. The average molecular weight is 815 g/mol. The van der Waals surface area contributed by atoms with Crippen molar-refractivity contribution in [1.82, 2.24) is 20.5 Å². The molecule has 0 saturated carbocycles. The van der Waals surface area contributed by atoms with Crippen LogP contribution in [0.4, 0.5) is 9.59 Å². The molecule has 5 heterocycles. The number of cyclic esters (lactones) is 1. The van der Waals surface area contributed by atoms with E-state index in [0.29, 0.717) is 24.8 Å².